The molecule has 0 bridgehead atoms. The average Bonchev–Trinajstić information content (AvgIpc) is 2.48. The highest BCUT2D eigenvalue weighted by molar-refractivity contribution is 5.87. The van der Waals surface area contributed by atoms with Crippen molar-refractivity contribution in [3.8, 4) is 0 Å². The molecule has 0 saturated carbocycles. The molecule has 0 aliphatic heterocycles. The van der Waals surface area contributed by atoms with Crippen molar-refractivity contribution in [2.75, 3.05) is 6.61 Å². The lowest BCUT2D eigenvalue weighted by Crippen LogP contribution is -2.48. The van der Waals surface area contributed by atoms with Crippen LogP contribution in [0.3, 0.4) is 0 Å². The highest BCUT2D eigenvalue weighted by atomic mass is 16.5. The lowest BCUT2D eigenvalue weighted by Gasteiger charge is -2.21. The Bertz CT molecular complexity index is 500. The molecule has 0 radical (unpaired) electrons. The van der Waals surface area contributed by atoms with Crippen molar-refractivity contribution in [1.29, 1.82) is 0 Å². The molecular weight excluding hydrogens is 280 g/mol. The molecule has 0 saturated heterocycles. The molecule has 0 heterocycles. The van der Waals surface area contributed by atoms with Gasteiger partial charge in [-0.3, -0.25) is 9.59 Å². The largest absolute Gasteiger partial charge is 0.377 e. The maximum Gasteiger partial charge on any atom is 0.243 e. The van der Waals surface area contributed by atoms with Crippen molar-refractivity contribution < 1.29 is 14.3 Å². The summed E-state index contributed by atoms with van der Waals surface area (Å²) in [6, 6.07) is 7.33. The molecule has 0 spiro atoms. The molecule has 1 aromatic carbocycles. The van der Waals surface area contributed by atoms with Crippen LogP contribution in [0, 0.1) is 5.92 Å². The summed E-state index contributed by atoms with van der Waals surface area (Å²) in [5.41, 5.74) is 2.08. The molecule has 1 rings (SSSR count). The molecule has 1 unspecified atom stereocenters. The van der Waals surface area contributed by atoms with E-state index in [0.717, 1.165) is 11.1 Å². The lowest BCUT2D eigenvalue weighted by molar-refractivity contribution is -0.129. The standard InChI is InChI=1S/C17H26N2O3/c1-5-22-11-15-9-7-6-8-14(15)10-18-17(21)16(12(2)3)19-13(4)20/h6-9,12,16H,5,10-11H2,1-4H3,(H,18,21)(H,19,20). The molecule has 0 aliphatic carbocycles. The number of carbonyl (C=O) groups excluding carboxylic acids is 2. The Labute approximate surface area is 132 Å². The molecular formula is C17H26N2O3. The van der Waals surface area contributed by atoms with Gasteiger partial charge in [0.1, 0.15) is 6.04 Å². The molecule has 122 valence electrons. The van der Waals surface area contributed by atoms with Gasteiger partial charge in [-0.15, -0.1) is 0 Å². The van der Waals surface area contributed by atoms with E-state index < -0.39 is 6.04 Å². The van der Waals surface area contributed by atoms with E-state index in [1.54, 1.807) is 0 Å². The van der Waals surface area contributed by atoms with Crippen molar-refractivity contribution >= 4 is 11.8 Å². The number of hydrogen-bond donors (Lipinski definition) is 2. The normalized spacial score (nSPS) is 12.0. The number of amides is 2. The van der Waals surface area contributed by atoms with Crippen molar-refractivity contribution in [2.24, 2.45) is 5.92 Å². The van der Waals surface area contributed by atoms with E-state index in [1.165, 1.54) is 6.92 Å². The van der Waals surface area contributed by atoms with Gasteiger partial charge in [0, 0.05) is 20.1 Å². The van der Waals surface area contributed by atoms with Crippen LogP contribution in [0.25, 0.3) is 0 Å². The molecule has 1 aromatic rings. The molecule has 0 fully saturated rings. The van der Waals surface area contributed by atoms with Gasteiger partial charge in [-0.25, -0.2) is 0 Å². The highest BCUT2D eigenvalue weighted by Crippen LogP contribution is 2.10. The minimum Gasteiger partial charge on any atom is -0.377 e. The molecule has 2 amide bonds. The van der Waals surface area contributed by atoms with Crippen LogP contribution in [0.1, 0.15) is 38.8 Å². The first kappa shape index (κ1) is 18.2. The van der Waals surface area contributed by atoms with Gasteiger partial charge in [0.15, 0.2) is 0 Å². The molecule has 2 N–H and O–H groups in total. The predicted octanol–water partition coefficient (Wildman–Crippen LogP) is 2.00. The topological polar surface area (TPSA) is 67.4 Å². The minimum atomic E-state index is -0.517. The summed E-state index contributed by atoms with van der Waals surface area (Å²) >= 11 is 0. The van der Waals surface area contributed by atoms with E-state index in [4.69, 9.17) is 4.74 Å². The third-order valence-corrected chi connectivity index (χ3v) is 3.34. The van der Waals surface area contributed by atoms with Crippen LogP contribution in [0.5, 0.6) is 0 Å². The third-order valence-electron chi connectivity index (χ3n) is 3.34. The molecule has 0 aromatic heterocycles. The second-order valence-electron chi connectivity index (χ2n) is 5.55. The lowest BCUT2D eigenvalue weighted by atomic mass is 10.0. The SMILES string of the molecule is CCOCc1ccccc1CNC(=O)C(NC(C)=O)C(C)C. The van der Waals surface area contributed by atoms with Crippen LogP contribution in [0.2, 0.25) is 0 Å². The Kier molecular flexibility index (Phi) is 7.60. The number of carbonyl (C=O) groups is 2. The summed E-state index contributed by atoms with van der Waals surface area (Å²) in [5, 5.41) is 5.58. The van der Waals surface area contributed by atoms with E-state index in [0.29, 0.717) is 19.8 Å². The first-order valence-electron chi connectivity index (χ1n) is 7.65. The first-order chi connectivity index (χ1) is 10.5. The number of hydrogen-bond acceptors (Lipinski definition) is 3. The summed E-state index contributed by atoms with van der Waals surface area (Å²) in [6.07, 6.45) is 0. The molecule has 5 heteroatoms. The van der Waals surface area contributed by atoms with E-state index in [2.05, 4.69) is 10.6 Å². The Morgan fingerprint density at radius 2 is 1.82 bits per heavy atom. The van der Waals surface area contributed by atoms with Crippen LogP contribution in [-0.4, -0.2) is 24.5 Å². The Morgan fingerprint density at radius 1 is 1.18 bits per heavy atom. The number of benzene rings is 1. The van der Waals surface area contributed by atoms with Gasteiger partial charge < -0.3 is 15.4 Å². The zero-order valence-electron chi connectivity index (χ0n) is 13.8. The first-order valence-corrected chi connectivity index (χ1v) is 7.65. The highest BCUT2D eigenvalue weighted by Gasteiger charge is 2.22. The quantitative estimate of drug-likeness (QED) is 0.772. The third kappa shape index (κ3) is 5.85. The second-order valence-corrected chi connectivity index (χ2v) is 5.55. The summed E-state index contributed by atoms with van der Waals surface area (Å²) in [6.45, 7) is 8.78. The average molecular weight is 306 g/mol. The van der Waals surface area contributed by atoms with Crippen molar-refractivity contribution in [2.45, 2.75) is 46.9 Å². The zero-order valence-corrected chi connectivity index (χ0v) is 13.8. The van der Waals surface area contributed by atoms with E-state index >= 15 is 0 Å². The Morgan fingerprint density at radius 3 is 2.36 bits per heavy atom. The van der Waals surface area contributed by atoms with Gasteiger partial charge in [0.05, 0.1) is 6.61 Å². The van der Waals surface area contributed by atoms with E-state index in [-0.39, 0.29) is 17.7 Å². The van der Waals surface area contributed by atoms with Crippen LogP contribution in [0.15, 0.2) is 24.3 Å². The summed E-state index contributed by atoms with van der Waals surface area (Å²) < 4.78 is 5.44. The molecule has 22 heavy (non-hydrogen) atoms. The van der Waals surface area contributed by atoms with Crippen molar-refractivity contribution in [3.63, 3.8) is 0 Å². The maximum atomic E-state index is 12.3. The molecule has 1 atom stereocenters. The fourth-order valence-corrected chi connectivity index (χ4v) is 2.13. The van der Waals surface area contributed by atoms with Crippen LogP contribution in [0.4, 0.5) is 0 Å². The van der Waals surface area contributed by atoms with Crippen molar-refractivity contribution in [3.05, 3.63) is 35.4 Å². The van der Waals surface area contributed by atoms with E-state index in [1.807, 2.05) is 45.0 Å². The Balaban J connectivity index is 2.68. The zero-order chi connectivity index (χ0) is 16.5. The minimum absolute atomic E-state index is 0.0302. The van der Waals surface area contributed by atoms with Gasteiger partial charge in [0.25, 0.3) is 0 Å². The maximum absolute atomic E-state index is 12.3. The van der Waals surface area contributed by atoms with Crippen LogP contribution < -0.4 is 10.6 Å². The van der Waals surface area contributed by atoms with Crippen molar-refractivity contribution in [1.82, 2.24) is 10.6 Å². The number of nitrogens with one attached hydrogen (secondary N) is 2. The van der Waals surface area contributed by atoms with E-state index in [9.17, 15) is 9.59 Å². The summed E-state index contributed by atoms with van der Waals surface area (Å²) in [5.74, 6) is -0.343. The monoisotopic (exact) mass is 306 g/mol. The van der Waals surface area contributed by atoms with Gasteiger partial charge >= 0.3 is 0 Å². The summed E-state index contributed by atoms with van der Waals surface area (Å²) in [4.78, 5) is 23.5. The van der Waals surface area contributed by atoms with Gasteiger partial charge in [-0.05, 0) is 24.0 Å². The smallest absolute Gasteiger partial charge is 0.243 e. The van der Waals surface area contributed by atoms with Crippen LogP contribution >= 0.6 is 0 Å². The Hall–Kier alpha value is -1.88. The summed E-state index contributed by atoms with van der Waals surface area (Å²) in [7, 11) is 0. The number of rotatable bonds is 8. The molecule has 5 nitrogen and oxygen atoms in total. The molecule has 0 aliphatic rings. The second kappa shape index (κ2) is 9.20. The van der Waals surface area contributed by atoms with Gasteiger partial charge in [-0.2, -0.15) is 0 Å². The van der Waals surface area contributed by atoms with Gasteiger partial charge in [-0.1, -0.05) is 38.1 Å². The van der Waals surface area contributed by atoms with Gasteiger partial charge in [0.2, 0.25) is 11.8 Å². The predicted molar refractivity (Wildman–Crippen MR) is 86.1 cm³/mol. The fraction of sp³-hybridized carbons (Fsp3) is 0.529. The van der Waals surface area contributed by atoms with Crippen LogP contribution in [-0.2, 0) is 27.5 Å². The number of ether oxygens (including phenoxy) is 1. The fourth-order valence-electron chi connectivity index (χ4n) is 2.13.